The molecule has 0 aliphatic carbocycles. The molecule has 1 aromatic rings. The van der Waals surface area contributed by atoms with E-state index in [1.807, 2.05) is 0 Å². The first-order valence-electron chi connectivity index (χ1n) is 4.61. The Morgan fingerprint density at radius 2 is 2.33 bits per heavy atom. The molecule has 1 aliphatic heterocycles. The highest BCUT2D eigenvalue weighted by molar-refractivity contribution is 6.01. The van der Waals surface area contributed by atoms with Crippen LogP contribution < -0.4 is 9.75 Å². The van der Waals surface area contributed by atoms with Crippen LogP contribution in [0.3, 0.4) is 0 Å². The van der Waals surface area contributed by atoms with Crippen molar-refractivity contribution in [2.75, 3.05) is 18.2 Å². The van der Waals surface area contributed by atoms with E-state index in [1.54, 1.807) is 18.2 Å². The molecule has 0 unspecified atom stereocenters. The summed E-state index contributed by atoms with van der Waals surface area (Å²) in [4.78, 5) is 22.0. The maximum Gasteiger partial charge on any atom is 0.162 e. The highest BCUT2D eigenvalue weighted by Gasteiger charge is 2.23. The normalized spacial score (nSPS) is 14.1. The van der Waals surface area contributed by atoms with Gasteiger partial charge < -0.3 is 4.74 Å². The average molecular weight is 206 g/mol. The number of ether oxygens (including phenoxy) is 1. The van der Waals surface area contributed by atoms with Gasteiger partial charge in [0, 0.05) is 5.56 Å². The molecule has 0 atom stereocenters. The van der Waals surface area contributed by atoms with Crippen LogP contribution in [0.5, 0.6) is 5.75 Å². The number of carbonyl (C=O) groups is 1. The minimum atomic E-state index is -0.106. The van der Waals surface area contributed by atoms with Crippen LogP contribution in [-0.4, -0.2) is 18.9 Å². The van der Waals surface area contributed by atoms with Crippen molar-refractivity contribution in [2.45, 2.75) is 6.92 Å². The van der Waals surface area contributed by atoms with E-state index in [0.29, 0.717) is 30.2 Å². The maximum atomic E-state index is 11.4. The van der Waals surface area contributed by atoms with Crippen molar-refractivity contribution < 1.29 is 9.53 Å². The van der Waals surface area contributed by atoms with Crippen molar-refractivity contribution in [1.29, 1.82) is 0 Å². The number of carbonyl (C=O) groups excluding carboxylic acids is 1. The molecular weight excluding hydrogens is 196 g/mol. The summed E-state index contributed by atoms with van der Waals surface area (Å²) in [7, 11) is 0. The van der Waals surface area contributed by atoms with Gasteiger partial charge in [-0.05, 0) is 19.1 Å². The van der Waals surface area contributed by atoms with Crippen molar-refractivity contribution in [1.82, 2.24) is 0 Å². The largest absolute Gasteiger partial charge is 0.489 e. The molecule has 0 fully saturated rings. The second kappa shape index (κ2) is 3.68. The Hall–Kier alpha value is -1.91. The van der Waals surface area contributed by atoms with Crippen molar-refractivity contribution in [3.8, 4) is 5.75 Å². The van der Waals surface area contributed by atoms with Crippen molar-refractivity contribution in [3.63, 3.8) is 0 Å². The van der Waals surface area contributed by atoms with Crippen LogP contribution in [0.4, 0.5) is 5.69 Å². The number of nitrogens with zero attached hydrogens (tertiary/aromatic N) is 2. The third-order valence-electron chi connectivity index (χ3n) is 2.30. The SMILES string of the molecule is CC(=O)c1cccc2c1N(N=O)CCO2. The molecule has 0 amide bonds. The molecular formula is C10H10N2O3. The number of ketones is 1. The summed E-state index contributed by atoms with van der Waals surface area (Å²) in [6.45, 7) is 2.23. The van der Waals surface area contributed by atoms with Crippen molar-refractivity contribution in [2.24, 2.45) is 5.29 Å². The minimum Gasteiger partial charge on any atom is -0.489 e. The second-order valence-electron chi connectivity index (χ2n) is 3.26. The zero-order valence-corrected chi connectivity index (χ0v) is 8.27. The number of benzene rings is 1. The van der Waals surface area contributed by atoms with Gasteiger partial charge >= 0.3 is 0 Å². The minimum absolute atomic E-state index is 0.106. The fourth-order valence-electron chi connectivity index (χ4n) is 1.62. The molecule has 1 aromatic carbocycles. The maximum absolute atomic E-state index is 11.4. The Bertz CT molecular complexity index is 417. The number of hydrogen-bond acceptors (Lipinski definition) is 4. The van der Waals surface area contributed by atoms with E-state index in [9.17, 15) is 9.70 Å². The van der Waals surface area contributed by atoms with Gasteiger partial charge in [-0.15, -0.1) is 4.91 Å². The lowest BCUT2D eigenvalue weighted by atomic mass is 10.1. The Labute approximate surface area is 86.6 Å². The van der Waals surface area contributed by atoms with E-state index < -0.39 is 0 Å². The topological polar surface area (TPSA) is 59.0 Å². The zero-order chi connectivity index (χ0) is 10.8. The number of rotatable bonds is 2. The lowest BCUT2D eigenvalue weighted by molar-refractivity contribution is 0.101. The van der Waals surface area contributed by atoms with Crippen LogP contribution in [0.15, 0.2) is 23.5 Å². The molecule has 0 aromatic heterocycles. The average Bonchev–Trinajstić information content (AvgIpc) is 2.27. The van der Waals surface area contributed by atoms with E-state index in [4.69, 9.17) is 4.74 Å². The standard InChI is InChI=1S/C10H10N2O3/c1-7(13)8-3-2-4-9-10(8)12(11-14)5-6-15-9/h2-4H,5-6H2,1H3. The Balaban J connectivity index is 2.59. The lowest BCUT2D eigenvalue weighted by Crippen LogP contribution is -2.29. The van der Waals surface area contributed by atoms with E-state index in [1.165, 1.54) is 11.9 Å². The van der Waals surface area contributed by atoms with Gasteiger partial charge in [0.2, 0.25) is 0 Å². The highest BCUT2D eigenvalue weighted by atomic mass is 16.5. The molecule has 5 heteroatoms. The van der Waals surface area contributed by atoms with Gasteiger partial charge in [0.15, 0.2) is 5.78 Å². The van der Waals surface area contributed by atoms with Crippen molar-refractivity contribution >= 4 is 11.5 Å². The van der Waals surface area contributed by atoms with Gasteiger partial charge in [0.05, 0.1) is 11.8 Å². The van der Waals surface area contributed by atoms with E-state index in [2.05, 4.69) is 5.29 Å². The lowest BCUT2D eigenvalue weighted by Gasteiger charge is -2.25. The van der Waals surface area contributed by atoms with Crippen LogP contribution in [0.1, 0.15) is 17.3 Å². The van der Waals surface area contributed by atoms with Gasteiger partial charge in [-0.2, -0.15) is 0 Å². The zero-order valence-electron chi connectivity index (χ0n) is 8.27. The van der Waals surface area contributed by atoms with Gasteiger partial charge in [-0.25, -0.2) is 5.01 Å². The summed E-state index contributed by atoms with van der Waals surface area (Å²) in [5, 5.41) is 4.14. The fourth-order valence-corrected chi connectivity index (χ4v) is 1.62. The van der Waals surface area contributed by atoms with Gasteiger partial charge in [-0.1, -0.05) is 6.07 Å². The van der Waals surface area contributed by atoms with Gasteiger partial charge in [-0.3, -0.25) is 4.79 Å². The summed E-state index contributed by atoms with van der Waals surface area (Å²) >= 11 is 0. The molecule has 78 valence electrons. The Kier molecular flexibility index (Phi) is 2.37. The molecule has 5 nitrogen and oxygen atoms in total. The molecule has 1 heterocycles. The van der Waals surface area contributed by atoms with Gasteiger partial charge in [0.25, 0.3) is 0 Å². The number of nitroso groups, excluding NO2 is 1. The molecule has 0 saturated heterocycles. The van der Waals surface area contributed by atoms with Crippen LogP contribution in [0.25, 0.3) is 0 Å². The fraction of sp³-hybridized carbons (Fsp3) is 0.300. The number of fused-ring (bicyclic) bond motifs is 1. The summed E-state index contributed by atoms with van der Waals surface area (Å²) in [6, 6.07) is 5.11. The second-order valence-corrected chi connectivity index (χ2v) is 3.26. The summed E-state index contributed by atoms with van der Waals surface area (Å²) in [6.07, 6.45) is 0. The molecule has 0 bridgehead atoms. The van der Waals surface area contributed by atoms with Crippen LogP contribution >= 0.6 is 0 Å². The Morgan fingerprint density at radius 1 is 1.53 bits per heavy atom. The first-order valence-corrected chi connectivity index (χ1v) is 4.61. The van der Waals surface area contributed by atoms with Crippen molar-refractivity contribution in [3.05, 3.63) is 28.7 Å². The van der Waals surface area contributed by atoms with E-state index in [-0.39, 0.29) is 5.78 Å². The number of hydrogen-bond donors (Lipinski definition) is 0. The molecule has 15 heavy (non-hydrogen) atoms. The highest BCUT2D eigenvalue weighted by Crippen LogP contribution is 2.35. The van der Waals surface area contributed by atoms with E-state index in [0.717, 1.165) is 0 Å². The Morgan fingerprint density at radius 3 is 3.00 bits per heavy atom. The predicted octanol–water partition coefficient (Wildman–Crippen LogP) is 1.77. The molecule has 0 N–H and O–H groups in total. The molecule has 2 rings (SSSR count). The summed E-state index contributed by atoms with van der Waals surface area (Å²) in [5.41, 5.74) is 0.943. The number of anilines is 1. The van der Waals surface area contributed by atoms with Crippen LogP contribution in [-0.2, 0) is 0 Å². The van der Waals surface area contributed by atoms with Gasteiger partial charge in [0.1, 0.15) is 18.0 Å². The quantitative estimate of drug-likeness (QED) is 0.546. The van der Waals surface area contributed by atoms with Crippen LogP contribution in [0, 0.1) is 4.91 Å². The molecule has 0 saturated carbocycles. The number of Topliss-reactive ketones (excluding diaryl/α,β-unsaturated/α-hetero) is 1. The predicted molar refractivity (Wildman–Crippen MR) is 55.1 cm³/mol. The third kappa shape index (κ3) is 1.56. The first kappa shape index (κ1) is 9.64. The monoisotopic (exact) mass is 206 g/mol. The summed E-state index contributed by atoms with van der Waals surface area (Å²) in [5.74, 6) is 0.430. The van der Waals surface area contributed by atoms with Crippen LogP contribution in [0.2, 0.25) is 0 Å². The molecule has 0 spiro atoms. The molecule has 0 radical (unpaired) electrons. The summed E-state index contributed by atoms with van der Waals surface area (Å²) < 4.78 is 5.35. The smallest absolute Gasteiger partial charge is 0.162 e. The molecule has 1 aliphatic rings. The number of para-hydroxylation sites is 1. The first-order chi connectivity index (χ1) is 7.24. The third-order valence-corrected chi connectivity index (χ3v) is 2.30. The van der Waals surface area contributed by atoms with E-state index >= 15 is 0 Å².